The first kappa shape index (κ1) is 19.3. The van der Waals surface area contributed by atoms with Crippen molar-refractivity contribution >= 4 is 34.7 Å². The number of aromatic nitrogens is 2. The first-order valence-electron chi connectivity index (χ1n) is 9.52. The zero-order chi connectivity index (χ0) is 20.9. The Morgan fingerprint density at radius 3 is 2.53 bits per heavy atom. The van der Waals surface area contributed by atoms with Gasteiger partial charge in [0.25, 0.3) is 5.91 Å². The number of aryl methyl sites for hydroxylation is 1. The van der Waals surface area contributed by atoms with E-state index < -0.39 is 0 Å². The summed E-state index contributed by atoms with van der Waals surface area (Å²) in [6.45, 7) is 1.85. The number of carbonyl (C=O) groups excluding carboxylic acids is 2. The molecule has 8 heteroatoms. The minimum atomic E-state index is -0.337. The van der Waals surface area contributed by atoms with Gasteiger partial charge in [-0.2, -0.15) is 5.10 Å². The first-order valence-corrected chi connectivity index (χ1v) is 9.52. The Labute approximate surface area is 173 Å². The summed E-state index contributed by atoms with van der Waals surface area (Å²) in [5.41, 5.74) is 5.84. The number of amides is 2. The summed E-state index contributed by atoms with van der Waals surface area (Å²) < 4.78 is 0. The molecule has 8 nitrogen and oxygen atoms in total. The maximum Gasteiger partial charge on any atom is 0.271 e. The third-order valence-electron chi connectivity index (χ3n) is 4.47. The molecule has 30 heavy (non-hydrogen) atoms. The fourth-order valence-corrected chi connectivity index (χ4v) is 3.05. The van der Waals surface area contributed by atoms with Crippen molar-refractivity contribution in [2.24, 2.45) is 5.10 Å². The van der Waals surface area contributed by atoms with E-state index in [9.17, 15) is 9.59 Å². The van der Waals surface area contributed by atoms with Crippen molar-refractivity contribution in [1.29, 1.82) is 0 Å². The number of hydrogen-bond acceptors (Lipinski definition) is 6. The van der Waals surface area contributed by atoms with Gasteiger partial charge in [-0.1, -0.05) is 36.4 Å². The molecule has 2 amide bonds. The molecule has 1 aliphatic rings. The van der Waals surface area contributed by atoms with Gasteiger partial charge in [-0.15, -0.1) is 0 Å². The smallest absolute Gasteiger partial charge is 0.271 e. The van der Waals surface area contributed by atoms with Crippen molar-refractivity contribution < 1.29 is 9.59 Å². The number of carbonyl (C=O) groups is 2. The quantitative estimate of drug-likeness (QED) is 0.608. The minimum Gasteiger partial charge on any atom is -0.340 e. The molecule has 0 unspecified atom stereocenters. The van der Waals surface area contributed by atoms with Crippen molar-refractivity contribution in [3.63, 3.8) is 0 Å². The van der Waals surface area contributed by atoms with E-state index in [0.717, 1.165) is 16.9 Å². The van der Waals surface area contributed by atoms with E-state index in [2.05, 4.69) is 31.1 Å². The molecule has 1 aromatic heterocycles. The van der Waals surface area contributed by atoms with Crippen LogP contribution in [0.3, 0.4) is 0 Å². The predicted octanol–water partition coefficient (Wildman–Crippen LogP) is 3.40. The van der Waals surface area contributed by atoms with Crippen LogP contribution in [0.4, 0.5) is 17.2 Å². The standard InChI is InChI=1S/C22H20N6O2/c1-14-23-19(15-6-3-2-4-7-15)13-20(24-14)25-16-8-5-9-17(12-16)26-22(30)18-10-11-21(29)28-27-18/h2-9,12-13H,10-11H2,1H3,(H,26,30)(H,28,29)(H,23,24,25). The monoisotopic (exact) mass is 400 g/mol. The second-order valence-electron chi connectivity index (χ2n) is 6.81. The Bertz CT molecular complexity index is 1130. The summed E-state index contributed by atoms with van der Waals surface area (Å²) in [7, 11) is 0. The molecule has 0 spiro atoms. The van der Waals surface area contributed by atoms with Crippen LogP contribution in [0.15, 0.2) is 65.8 Å². The van der Waals surface area contributed by atoms with Gasteiger partial charge in [-0.25, -0.2) is 15.4 Å². The van der Waals surface area contributed by atoms with E-state index in [4.69, 9.17) is 0 Å². The van der Waals surface area contributed by atoms with Gasteiger partial charge < -0.3 is 10.6 Å². The second-order valence-corrected chi connectivity index (χ2v) is 6.81. The Hall–Kier alpha value is -4.07. The molecule has 4 rings (SSSR count). The second kappa shape index (κ2) is 8.52. The number of anilines is 3. The van der Waals surface area contributed by atoms with Crippen LogP contribution in [0.1, 0.15) is 18.7 Å². The molecule has 3 aromatic rings. The summed E-state index contributed by atoms with van der Waals surface area (Å²) in [4.78, 5) is 32.5. The molecule has 3 N–H and O–H groups in total. The van der Waals surface area contributed by atoms with Crippen molar-refractivity contribution in [3.05, 3.63) is 66.5 Å². The van der Waals surface area contributed by atoms with Crippen LogP contribution < -0.4 is 16.1 Å². The van der Waals surface area contributed by atoms with Crippen molar-refractivity contribution in [3.8, 4) is 11.3 Å². The van der Waals surface area contributed by atoms with Crippen LogP contribution >= 0.6 is 0 Å². The summed E-state index contributed by atoms with van der Waals surface area (Å²) in [5.74, 6) is 0.786. The third-order valence-corrected chi connectivity index (χ3v) is 4.47. The third kappa shape index (κ3) is 4.67. The zero-order valence-corrected chi connectivity index (χ0v) is 16.3. The molecule has 2 aromatic carbocycles. The van der Waals surface area contributed by atoms with E-state index in [1.807, 2.05) is 55.5 Å². The molecule has 0 fully saturated rings. The lowest BCUT2D eigenvalue weighted by atomic mass is 10.1. The largest absolute Gasteiger partial charge is 0.340 e. The lowest BCUT2D eigenvalue weighted by Crippen LogP contribution is -2.32. The Kier molecular flexibility index (Phi) is 5.47. The molecular formula is C22H20N6O2. The predicted molar refractivity (Wildman–Crippen MR) is 115 cm³/mol. The van der Waals surface area contributed by atoms with Crippen LogP contribution in [0.25, 0.3) is 11.3 Å². The SMILES string of the molecule is Cc1nc(Nc2cccc(NC(=O)C3=NNC(=O)CC3)c2)cc(-c2ccccc2)n1. The van der Waals surface area contributed by atoms with Gasteiger partial charge in [0.15, 0.2) is 0 Å². The van der Waals surface area contributed by atoms with Gasteiger partial charge in [0, 0.05) is 35.8 Å². The molecule has 2 heterocycles. The van der Waals surface area contributed by atoms with Gasteiger partial charge in [0.05, 0.1) is 5.69 Å². The fraction of sp³-hybridized carbons (Fsp3) is 0.136. The van der Waals surface area contributed by atoms with E-state index in [1.54, 1.807) is 12.1 Å². The summed E-state index contributed by atoms with van der Waals surface area (Å²) in [5, 5.41) is 9.89. The topological polar surface area (TPSA) is 108 Å². The molecule has 0 atom stereocenters. The summed E-state index contributed by atoms with van der Waals surface area (Å²) in [6.07, 6.45) is 0.572. The average molecular weight is 400 g/mol. The highest BCUT2D eigenvalue weighted by Crippen LogP contribution is 2.23. The molecule has 0 bridgehead atoms. The molecule has 150 valence electrons. The van der Waals surface area contributed by atoms with Crippen LogP contribution in [0, 0.1) is 6.92 Å². The Balaban J connectivity index is 1.50. The highest BCUT2D eigenvalue weighted by molar-refractivity contribution is 6.43. The van der Waals surface area contributed by atoms with Crippen LogP contribution in [-0.4, -0.2) is 27.5 Å². The molecule has 0 saturated heterocycles. The molecular weight excluding hydrogens is 380 g/mol. The van der Waals surface area contributed by atoms with E-state index in [-0.39, 0.29) is 18.2 Å². The Morgan fingerprint density at radius 2 is 1.77 bits per heavy atom. The van der Waals surface area contributed by atoms with Gasteiger partial charge in [-0.05, 0) is 25.1 Å². The molecule has 0 saturated carbocycles. The van der Waals surface area contributed by atoms with Crippen molar-refractivity contribution in [2.45, 2.75) is 19.8 Å². The molecule has 1 aliphatic heterocycles. The maximum atomic E-state index is 12.4. The van der Waals surface area contributed by atoms with Crippen molar-refractivity contribution in [1.82, 2.24) is 15.4 Å². The number of nitrogens with zero attached hydrogens (tertiary/aromatic N) is 3. The molecule has 0 aliphatic carbocycles. The van der Waals surface area contributed by atoms with Crippen LogP contribution in [0.2, 0.25) is 0 Å². The fourth-order valence-electron chi connectivity index (χ4n) is 3.05. The number of rotatable bonds is 5. The highest BCUT2D eigenvalue weighted by Gasteiger charge is 2.18. The minimum absolute atomic E-state index is 0.187. The summed E-state index contributed by atoms with van der Waals surface area (Å²) >= 11 is 0. The van der Waals surface area contributed by atoms with E-state index in [1.165, 1.54) is 0 Å². The van der Waals surface area contributed by atoms with Gasteiger partial charge >= 0.3 is 0 Å². The zero-order valence-electron chi connectivity index (χ0n) is 16.3. The van der Waals surface area contributed by atoms with Gasteiger partial charge in [0.1, 0.15) is 17.4 Å². The van der Waals surface area contributed by atoms with Crippen molar-refractivity contribution in [2.75, 3.05) is 10.6 Å². The lowest BCUT2D eigenvalue weighted by molar-refractivity contribution is -0.121. The number of benzene rings is 2. The summed E-state index contributed by atoms with van der Waals surface area (Å²) in [6, 6.07) is 19.1. The van der Waals surface area contributed by atoms with E-state index >= 15 is 0 Å². The van der Waals surface area contributed by atoms with Gasteiger partial charge in [-0.3, -0.25) is 9.59 Å². The lowest BCUT2D eigenvalue weighted by Gasteiger charge is -2.13. The number of hydrogen-bond donors (Lipinski definition) is 3. The van der Waals surface area contributed by atoms with Crippen LogP contribution in [-0.2, 0) is 9.59 Å². The Morgan fingerprint density at radius 1 is 0.967 bits per heavy atom. The maximum absolute atomic E-state index is 12.4. The highest BCUT2D eigenvalue weighted by atomic mass is 16.2. The van der Waals surface area contributed by atoms with E-state index in [0.29, 0.717) is 29.5 Å². The van der Waals surface area contributed by atoms with Crippen LogP contribution in [0.5, 0.6) is 0 Å². The average Bonchev–Trinajstić information content (AvgIpc) is 2.75. The normalized spacial score (nSPS) is 13.2. The first-order chi connectivity index (χ1) is 14.6. The van der Waals surface area contributed by atoms with Gasteiger partial charge in [0.2, 0.25) is 5.91 Å². The number of hydrazone groups is 1. The number of nitrogens with one attached hydrogen (secondary N) is 3. The molecule has 0 radical (unpaired) electrons.